The number of ether oxygens (including phenoxy) is 1. The fraction of sp³-hybridized carbons (Fsp3) is 0.316. The standard InChI is InChI=1S/C19H21NO2S/c1-13(2)22-15-9-7-14(8-10-15)19(21)20-17-11-12-23-18-6-4-3-5-16(17)18/h3-10,13,17H,11-12H2,1-2H3,(H,20,21)/t17-/m0/s1. The highest BCUT2D eigenvalue weighted by molar-refractivity contribution is 7.99. The van der Waals surface area contributed by atoms with Gasteiger partial charge in [-0.05, 0) is 56.2 Å². The van der Waals surface area contributed by atoms with Gasteiger partial charge in [0, 0.05) is 16.2 Å². The van der Waals surface area contributed by atoms with Crippen LogP contribution in [0.25, 0.3) is 0 Å². The summed E-state index contributed by atoms with van der Waals surface area (Å²) in [6.45, 7) is 3.97. The van der Waals surface area contributed by atoms with E-state index in [1.165, 1.54) is 10.5 Å². The Balaban J connectivity index is 1.70. The summed E-state index contributed by atoms with van der Waals surface area (Å²) >= 11 is 1.86. The first kappa shape index (κ1) is 15.9. The van der Waals surface area contributed by atoms with Gasteiger partial charge in [0.15, 0.2) is 0 Å². The van der Waals surface area contributed by atoms with Crippen LogP contribution in [0.15, 0.2) is 53.4 Å². The fourth-order valence-corrected chi connectivity index (χ4v) is 3.82. The van der Waals surface area contributed by atoms with Crippen LogP contribution in [-0.2, 0) is 0 Å². The molecule has 1 atom stereocenters. The van der Waals surface area contributed by atoms with E-state index in [9.17, 15) is 4.79 Å². The van der Waals surface area contributed by atoms with Gasteiger partial charge >= 0.3 is 0 Å². The summed E-state index contributed by atoms with van der Waals surface area (Å²) in [5, 5.41) is 3.16. The average Bonchev–Trinajstić information content (AvgIpc) is 2.55. The number of carbonyl (C=O) groups excluding carboxylic acids is 1. The molecule has 2 aromatic carbocycles. The van der Waals surface area contributed by atoms with Gasteiger partial charge in [-0.2, -0.15) is 0 Å². The molecule has 3 rings (SSSR count). The van der Waals surface area contributed by atoms with Gasteiger partial charge in [0.2, 0.25) is 0 Å². The molecule has 1 amide bonds. The number of amides is 1. The first-order chi connectivity index (χ1) is 11.1. The Morgan fingerprint density at radius 1 is 1.17 bits per heavy atom. The maximum absolute atomic E-state index is 12.5. The summed E-state index contributed by atoms with van der Waals surface area (Å²) in [4.78, 5) is 13.8. The summed E-state index contributed by atoms with van der Waals surface area (Å²) in [5.74, 6) is 1.78. The zero-order chi connectivity index (χ0) is 16.2. The smallest absolute Gasteiger partial charge is 0.251 e. The molecule has 1 aliphatic rings. The van der Waals surface area contributed by atoms with Gasteiger partial charge in [0.05, 0.1) is 12.1 Å². The van der Waals surface area contributed by atoms with Crippen LogP contribution in [0.4, 0.5) is 0 Å². The lowest BCUT2D eigenvalue weighted by Gasteiger charge is -2.25. The van der Waals surface area contributed by atoms with E-state index in [4.69, 9.17) is 4.74 Å². The van der Waals surface area contributed by atoms with Crippen LogP contribution in [0.2, 0.25) is 0 Å². The molecule has 0 fully saturated rings. The van der Waals surface area contributed by atoms with Crippen molar-refractivity contribution in [3.8, 4) is 5.75 Å². The van der Waals surface area contributed by atoms with E-state index < -0.39 is 0 Å². The van der Waals surface area contributed by atoms with Gasteiger partial charge in [0.1, 0.15) is 5.75 Å². The van der Waals surface area contributed by atoms with Gasteiger partial charge in [-0.25, -0.2) is 0 Å². The van der Waals surface area contributed by atoms with Crippen molar-refractivity contribution < 1.29 is 9.53 Å². The molecule has 120 valence electrons. The minimum atomic E-state index is -0.0344. The molecule has 0 aliphatic carbocycles. The Labute approximate surface area is 141 Å². The van der Waals surface area contributed by atoms with Crippen LogP contribution in [0.5, 0.6) is 5.75 Å². The number of carbonyl (C=O) groups is 1. The number of hydrogen-bond acceptors (Lipinski definition) is 3. The van der Waals surface area contributed by atoms with Gasteiger partial charge in [-0.15, -0.1) is 11.8 Å². The van der Waals surface area contributed by atoms with E-state index >= 15 is 0 Å². The van der Waals surface area contributed by atoms with Crippen LogP contribution in [0.3, 0.4) is 0 Å². The number of rotatable bonds is 4. The molecule has 1 aliphatic heterocycles. The first-order valence-corrected chi connectivity index (χ1v) is 8.91. The molecule has 1 N–H and O–H groups in total. The number of hydrogen-bond donors (Lipinski definition) is 1. The maximum Gasteiger partial charge on any atom is 0.251 e. The van der Waals surface area contributed by atoms with Gasteiger partial charge < -0.3 is 10.1 Å². The van der Waals surface area contributed by atoms with Gasteiger partial charge in [-0.3, -0.25) is 4.79 Å². The third-order valence-electron chi connectivity index (χ3n) is 3.75. The molecule has 0 saturated carbocycles. The van der Waals surface area contributed by atoms with Crippen LogP contribution in [0, 0.1) is 0 Å². The Kier molecular flexibility index (Phi) is 4.91. The second-order valence-electron chi connectivity index (χ2n) is 5.89. The molecule has 3 nitrogen and oxygen atoms in total. The van der Waals surface area contributed by atoms with E-state index in [1.54, 1.807) is 0 Å². The van der Waals surface area contributed by atoms with Crippen LogP contribution in [0.1, 0.15) is 42.2 Å². The minimum absolute atomic E-state index is 0.0344. The zero-order valence-electron chi connectivity index (χ0n) is 13.4. The number of nitrogens with one attached hydrogen (secondary N) is 1. The SMILES string of the molecule is CC(C)Oc1ccc(C(=O)N[C@H]2CCSc3ccccc32)cc1. The largest absolute Gasteiger partial charge is 0.491 e. The lowest BCUT2D eigenvalue weighted by Crippen LogP contribution is -2.30. The van der Waals surface area contributed by atoms with Crippen molar-refractivity contribution in [3.63, 3.8) is 0 Å². The normalized spacial score (nSPS) is 16.7. The van der Waals surface area contributed by atoms with Gasteiger partial charge in [0.25, 0.3) is 5.91 Å². The number of fused-ring (bicyclic) bond motifs is 1. The molecule has 0 bridgehead atoms. The third kappa shape index (κ3) is 3.88. The van der Waals surface area contributed by atoms with E-state index in [2.05, 4.69) is 17.4 Å². The highest BCUT2D eigenvalue weighted by Gasteiger charge is 2.22. The monoisotopic (exact) mass is 327 g/mol. The van der Waals surface area contributed by atoms with Crippen molar-refractivity contribution in [3.05, 3.63) is 59.7 Å². The number of benzene rings is 2. The molecule has 0 saturated heterocycles. The topological polar surface area (TPSA) is 38.3 Å². The molecule has 2 aromatic rings. The summed E-state index contributed by atoms with van der Waals surface area (Å²) in [5.41, 5.74) is 1.88. The Morgan fingerprint density at radius 2 is 1.91 bits per heavy atom. The lowest BCUT2D eigenvalue weighted by molar-refractivity contribution is 0.0935. The molecule has 4 heteroatoms. The van der Waals surface area contributed by atoms with Crippen LogP contribution in [-0.4, -0.2) is 17.8 Å². The highest BCUT2D eigenvalue weighted by Crippen LogP contribution is 2.35. The second-order valence-corrected chi connectivity index (χ2v) is 7.03. The number of thioether (sulfide) groups is 1. The van der Waals surface area contributed by atoms with E-state index in [0.29, 0.717) is 5.56 Å². The molecule has 0 spiro atoms. The quantitative estimate of drug-likeness (QED) is 0.902. The fourth-order valence-electron chi connectivity index (χ4n) is 2.69. The summed E-state index contributed by atoms with van der Waals surface area (Å²) < 4.78 is 5.61. The lowest BCUT2D eigenvalue weighted by atomic mass is 10.0. The zero-order valence-corrected chi connectivity index (χ0v) is 14.2. The summed E-state index contributed by atoms with van der Waals surface area (Å²) in [6.07, 6.45) is 1.09. The predicted molar refractivity (Wildman–Crippen MR) is 94.2 cm³/mol. The van der Waals surface area contributed by atoms with Crippen molar-refractivity contribution in [1.29, 1.82) is 0 Å². The summed E-state index contributed by atoms with van der Waals surface area (Å²) in [7, 11) is 0. The van der Waals surface area contributed by atoms with E-state index in [1.807, 2.05) is 62.0 Å². The molecular formula is C19H21NO2S. The van der Waals surface area contributed by atoms with Crippen molar-refractivity contribution in [2.75, 3.05) is 5.75 Å². The highest BCUT2D eigenvalue weighted by atomic mass is 32.2. The van der Waals surface area contributed by atoms with Crippen molar-refractivity contribution >= 4 is 17.7 Å². The van der Waals surface area contributed by atoms with Crippen LogP contribution < -0.4 is 10.1 Å². The molecule has 23 heavy (non-hydrogen) atoms. The van der Waals surface area contributed by atoms with Crippen LogP contribution >= 0.6 is 11.8 Å². The van der Waals surface area contributed by atoms with Crippen molar-refractivity contribution in [1.82, 2.24) is 5.32 Å². The molecular weight excluding hydrogens is 306 g/mol. The average molecular weight is 327 g/mol. The molecule has 0 unspecified atom stereocenters. The van der Waals surface area contributed by atoms with E-state index in [-0.39, 0.29) is 18.1 Å². The maximum atomic E-state index is 12.5. The Bertz CT molecular complexity index is 682. The predicted octanol–water partition coefficient (Wildman–Crippen LogP) is 4.44. The molecule has 1 heterocycles. The second kappa shape index (κ2) is 7.09. The minimum Gasteiger partial charge on any atom is -0.491 e. The first-order valence-electron chi connectivity index (χ1n) is 7.93. The van der Waals surface area contributed by atoms with Gasteiger partial charge in [-0.1, -0.05) is 18.2 Å². The van der Waals surface area contributed by atoms with Crippen molar-refractivity contribution in [2.45, 2.75) is 37.3 Å². The summed E-state index contributed by atoms with van der Waals surface area (Å²) in [6, 6.07) is 15.7. The molecule has 0 aromatic heterocycles. The Morgan fingerprint density at radius 3 is 2.65 bits per heavy atom. The van der Waals surface area contributed by atoms with Crippen molar-refractivity contribution in [2.24, 2.45) is 0 Å². The third-order valence-corrected chi connectivity index (χ3v) is 4.87. The Hall–Kier alpha value is -1.94. The van der Waals surface area contributed by atoms with E-state index in [0.717, 1.165) is 17.9 Å². The molecule has 0 radical (unpaired) electrons.